The molecule has 0 spiro atoms. The predicted molar refractivity (Wildman–Crippen MR) is 105 cm³/mol. The van der Waals surface area contributed by atoms with Gasteiger partial charge in [-0.25, -0.2) is 9.59 Å². The van der Waals surface area contributed by atoms with Gasteiger partial charge in [-0.3, -0.25) is 14.9 Å². The Bertz CT molecular complexity index is 1000. The average molecular weight is 437 g/mol. The normalized spacial score (nSPS) is 14.2. The number of allylic oxidation sites excluding steroid dienone is 2. The first kappa shape index (κ1) is 23.5. The minimum atomic E-state index is -1.15. The lowest BCUT2D eigenvalue weighted by molar-refractivity contribution is -0.387. The number of ketones is 1. The summed E-state index contributed by atoms with van der Waals surface area (Å²) in [5.74, 6) is -3.25. The van der Waals surface area contributed by atoms with E-state index in [1.165, 1.54) is 19.9 Å². The number of carbonyl (C=O) groups is 3. The summed E-state index contributed by atoms with van der Waals surface area (Å²) in [6, 6.07) is 1.72. The van der Waals surface area contributed by atoms with E-state index in [2.05, 4.69) is 10.1 Å². The largest absolute Gasteiger partial charge is 0.466 e. The van der Waals surface area contributed by atoms with Crippen molar-refractivity contribution in [1.29, 1.82) is 0 Å². The van der Waals surface area contributed by atoms with E-state index < -0.39 is 28.4 Å². The molecule has 31 heavy (non-hydrogen) atoms. The van der Waals surface area contributed by atoms with E-state index in [9.17, 15) is 28.9 Å². The van der Waals surface area contributed by atoms with Crippen molar-refractivity contribution < 1.29 is 37.9 Å². The molecule has 166 valence electrons. The van der Waals surface area contributed by atoms with Crippen LogP contribution in [0, 0.1) is 15.9 Å². The summed E-state index contributed by atoms with van der Waals surface area (Å²) in [5.41, 5.74) is -1.12. The lowest BCUT2D eigenvalue weighted by atomic mass is 10.1. The number of nitrogens with zero attached hydrogens (tertiary/aromatic N) is 2. The number of nitro groups is 1. The Kier molecular flexibility index (Phi) is 7.42. The van der Waals surface area contributed by atoms with Gasteiger partial charge < -0.3 is 24.4 Å². The van der Waals surface area contributed by atoms with Crippen LogP contribution in [-0.4, -0.2) is 50.2 Å². The van der Waals surface area contributed by atoms with Gasteiger partial charge in [0.15, 0.2) is 5.78 Å². The van der Waals surface area contributed by atoms with Crippen LogP contribution in [-0.2, 0) is 28.6 Å². The minimum Gasteiger partial charge on any atom is -0.466 e. The van der Waals surface area contributed by atoms with E-state index in [-0.39, 0.29) is 41.8 Å². The Morgan fingerprint density at radius 3 is 2.42 bits per heavy atom. The molecule has 0 amide bonds. The van der Waals surface area contributed by atoms with Gasteiger partial charge in [0.05, 0.1) is 42.7 Å². The molecule has 0 saturated carbocycles. The van der Waals surface area contributed by atoms with Crippen LogP contribution in [0.15, 0.2) is 35.2 Å². The second-order valence-corrected chi connectivity index (χ2v) is 6.36. The van der Waals surface area contributed by atoms with Crippen LogP contribution >= 0.6 is 0 Å². The third kappa shape index (κ3) is 5.22. The third-order valence-electron chi connectivity index (χ3n) is 4.14. The van der Waals surface area contributed by atoms with E-state index in [0.29, 0.717) is 5.70 Å². The van der Waals surface area contributed by atoms with Crippen molar-refractivity contribution in [3.63, 3.8) is 0 Å². The fraction of sp³-hybridized carbons (Fsp3) is 0.316. The maximum absolute atomic E-state index is 14.3. The number of nitro benzene ring substituents is 1. The number of anilines is 2. The highest BCUT2D eigenvalue weighted by Crippen LogP contribution is 2.37. The summed E-state index contributed by atoms with van der Waals surface area (Å²) in [6.45, 7) is 2.25. The minimum absolute atomic E-state index is 0.0192. The zero-order valence-electron chi connectivity index (χ0n) is 17.2. The van der Waals surface area contributed by atoms with Gasteiger partial charge in [-0.05, 0) is 19.9 Å². The van der Waals surface area contributed by atoms with Crippen LogP contribution in [0.1, 0.15) is 13.8 Å². The summed E-state index contributed by atoms with van der Waals surface area (Å²) in [7, 11) is 2.19. The van der Waals surface area contributed by atoms with Gasteiger partial charge in [0.1, 0.15) is 12.4 Å². The van der Waals surface area contributed by atoms with Crippen LogP contribution in [0.5, 0.6) is 0 Å². The van der Waals surface area contributed by atoms with Crippen LogP contribution in [0.4, 0.5) is 21.5 Å². The van der Waals surface area contributed by atoms with E-state index >= 15 is 0 Å². The van der Waals surface area contributed by atoms with Crippen molar-refractivity contribution in [1.82, 2.24) is 0 Å². The molecule has 12 heteroatoms. The zero-order valence-corrected chi connectivity index (χ0v) is 17.2. The maximum Gasteiger partial charge on any atom is 0.355 e. The molecule has 1 N–H and O–H groups in total. The monoisotopic (exact) mass is 437 g/mol. The zero-order chi connectivity index (χ0) is 23.3. The molecular formula is C19H20FN3O8. The first-order chi connectivity index (χ1) is 14.6. The Hall–Kier alpha value is -3.80. The first-order valence-electron chi connectivity index (χ1n) is 8.79. The molecular weight excluding hydrogens is 417 g/mol. The third-order valence-corrected chi connectivity index (χ3v) is 4.14. The number of methoxy groups -OCH3 is 2. The first-order valence-corrected chi connectivity index (χ1v) is 8.79. The number of nitrogens with one attached hydrogen (secondary N) is 1. The summed E-state index contributed by atoms with van der Waals surface area (Å²) in [5, 5.41) is 14.1. The SMILES string of the molecule is COC(=O)C1=C(C(=O)OC)N(c2cc([N+](=O)[O-])c(F)cc2NC(C)=CC(C)=O)COC1. The summed E-state index contributed by atoms with van der Waals surface area (Å²) < 4.78 is 29.1. The quantitative estimate of drug-likeness (QED) is 0.292. The van der Waals surface area contributed by atoms with Crippen molar-refractivity contribution in [2.24, 2.45) is 0 Å². The van der Waals surface area contributed by atoms with Crippen LogP contribution in [0.2, 0.25) is 0 Å². The molecule has 1 aromatic carbocycles. The second-order valence-electron chi connectivity index (χ2n) is 6.36. The number of hydrogen-bond acceptors (Lipinski definition) is 10. The number of rotatable bonds is 7. The Morgan fingerprint density at radius 1 is 1.23 bits per heavy atom. The highest BCUT2D eigenvalue weighted by atomic mass is 19.1. The average Bonchev–Trinajstić information content (AvgIpc) is 2.71. The summed E-state index contributed by atoms with van der Waals surface area (Å²) >= 11 is 0. The number of benzene rings is 1. The molecule has 1 aliphatic rings. The topological polar surface area (TPSA) is 137 Å². The molecule has 2 rings (SSSR count). The van der Waals surface area contributed by atoms with Gasteiger partial charge in [-0.2, -0.15) is 4.39 Å². The van der Waals surface area contributed by atoms with Gasteiger partial charge >= 0.3 is 17.6 Å². The number of ether oxygens (including phenoxy) is 3. The molecule has 0 saturated heterocycles. The van der Waals surface area contributed by atoms with E-state index in [0.717, 1.165) is 31.3 Å². The molecule has 1 aromatic rings. The molecule has 1 heterocycles. The summed E-state index contributed by atoms with van der Waals surface area (Å²) in [4.78, 5) is 47.5. The molecule has 0 unspecified atom stereocenters. The number of halogens is 1. The Morgan fingerprint density at radius 2 is 1.87 bits per heavy atom. The number of hydrogen-bond donors (Lipinski definition) is 1. The van der Waals surface area contributed by atoms with E-state index in [4.69, 9.17) is 9.47 Å². The molecule has 0 atom stereocenters. The van der Waals surface area contributed by atoms with E-state index in [1.807, 2.05) is 0 Å². The van der Waals surface area contributed by atoms with Gasteiger partial charge in [-0.1, -0.05) is 0 Å². The fourth-order valence-corrected chi connectivity index (χ4v) is 2.90. The van der Waals surface area contributed by atoms with Crippen LogP contribution in [0.3, 0.4) is 0 Å². The van der Waals surface area contributed by atoms with Crippen LogP contribution < -0.4 is 10.2 Å². The molecule has 0 aromatic heterocycles. The molecule has 0 radical (unpaired) electrons. The molecule has 1 aliphatic heterocycles. The fourth-order valence-electron chi connectivity index (χ4n) is 2.90. The van der Waals surface area contributed by atoms with Gasteiger partial charge in [-0.15, -0.1) is 0 Å². The van der Waals surface area contributed by atoms with Gasteiger partial charge in [0.25, 0.3) is 0 Å². The predicted octanol–water partition coefficient (Wildman–Crippen LogP) is 2.03. The molecule has 0 aliphatic carbocycles. The van der Waals surface area contributed by atoms with Crippen molar-refractivity contribution in [2.45, 2.75) is 13.8 Å². The smallest absolute Gasteiger partial charge is 0.355 e. The number of carbonyl (C=O) groups excluding carboxylic acids is 3. The van der Waals surface area contributed by atoms with Gasteiger partial charge in [0, 0.05) is 17.8 Å². The lowest BCUT2D eigenvalue weighted by Crippen LogP contribution is -2.39. The van der Waals surface area contributed by atoms with Crippen molar-refractivity contribution in [3.8, 4) is 0 Å². The highest BCUT2D eigenvalue weighted by Gasteiger charge is 2.35. The Balaban J connectivity index is 2.76. The number of esters is 2. The van der Waals surface area contributed by atoms with Crippen LogP contribution in [0.25, 0.3) is 0 Å². The highest BCUT2D eigenvalue weighted by molar-refractivity contribution is 6.04. The van der Waals surface area contributed by atoms with Crippen molar-refractivity contribution in [3.05, 3.63) is 51.1 Å². The molecule has 11 nitrogen and oxygen atoms in total. The lowest BCUT2D eigenvalue weighted by Gasteiger charge is -2.32. The van der Waals surface area contributed by atoms with Gasteiger partial charge in [0.2, 0.25) is 5.82 Å². The standard InChI is InChI=1S/C19H20FN3O8/c1-10(5-11(2)24)21-14-6-13(20)15(23(27)28)7-16(14)22-9-31-8-12(18(25)29-3)17(22)19(26)30-4/h5-7,21H,8-9H2,1-4H3. The van der Waals surface area contributed by atoms with E-state index in [1.54, 1.807) is 0 Å². The molecule has 0 bridgehead atoms. The van der Waals surface area contributed by atoms with Crippen molar-refractivity contribution >= 4 is 34.8 Å². The molecule has 0 fully saturated rings. The van der Waals surface area contributed by atoms with Crippen molar-refractivity contribution in [2.75, 3.05) is 37.8 Å². The summed E-state index contributed by atoms with van der Waals surface area (Å²) in [6.07, 6.45) is 1.23. The second kappa shape index (κ2) is 9.80. The Labute approximate surface area is 176 Å². The maximum atomic E-state index is 14.3.